The van der Waals surface area contributed by atoms with Crippen molar-refractivity contribution in [3.05, 3.63) is 83.4 Å². The lowest BCUT2D eigenvalue weighted by molar-refractivity contribution is -0.140. The Morgan fingerprint density at radius 3 is 2.32 bits per heavy atom. The van der Waals surface area contributed by atoms with Gasteiger partial charge < -0.3 is 19.7 Å². The summed E-state index contributed by atoms with van der Waals surface area (Å²) in [6, 6.07) is 18.8. The summed E-state index contributed by atoms with van der Waals surface area (Å²) >= 11 is 6.44. The van der Waals surface area contributed by atoms with E-state index in [2.05, 4.69) is 5.32 Å². The Bertz CT molecular complexity index is 1470. The highest BCUT2D eigenvalue weighted by Crippen LogP contribution is 2.36. The molecule has 1 N–H and O–H groups in total. The fraction of sp³-hybridized carbons (Fsp3) is 0.333. The summed E-state index contributed by atoms with van der Waals surface area (Å²) in [6.45, 7) is 4.37. The first-order valence-electron chi connectivity index (χ1n) is 13.5. The van der Waals surface area contributed by atoms with Crippen molar-refractivity contribution in [2.75, 3.05) is 30.6 Å². The number of sulfonamides is 1. The minimum atomic E-state index is -4.19. The van der Waals surface area contributed by atoms with Crippen LogP contribution < -0.4 is 19.1 Å². The van der Waals surface area contributed by atoms with E-state index in [-0.39, 0.29) is 23.0 Å². The summed E-state index contributed by atoms with van der Waals surface area (Å²) in [7, 11) is -4.19. The van der Waals surface area contributed by atoms with Crippen molar-refractivity contribution in [1.29, 1.82) is 0 Å². The summed E-state index contributed by atoms with van der Waals surface area (Å²) in [5.74, 6) is -0.000464. The molecule has 3 aromatic carbocycles. The van der Waals surface area contributed by atoms with Gasteiger partial charge >= 0.3 is 0 Å². The van der Waals surface area contributed by atoms with Gasteiger partial charge in [0.2, 0.25) is 11.8 Å². The average molecular weight is 600 g/mol. The molecule has 218 valence electrons. The van der Waals surface area contributed by atoms with Gasteiger partial charge in [0, 0.05) is 24.2 Å². The Balaban J connectivity index is 1.75. The van der Waals surface area contributed by atoms with Crippen LogP contribution in [-0.2, 0) is 26.2 Å². The van der Waals surface area contributed by atoms with Crippen LogP contribution in [-0.4, -0.2) is 57.5 Å². The topological polar surface area (TPSA) is 105 Å². The number of halogens is 1. The van der Waals surface area contributed by atoms with Gasteiger partial charge in [0.25, 0.3) is 10.0 Å². The van der Waals surface area contributed by atoms with E-state index in [1.807, 2.05) is 13.8 Å². The van der Waals surface area contributed by atoms with Gasteiger partial charge in [-0.25, -0.2) is 8.42 Å². The monoisotopic (exact) mass is 599 g/mol. The number of nitrogens with zero attached hydrogens (tertiary/aromatic N) is 2. The largest absolute Gasteiger partial charge is 0.486 e. The van der Waals surface area contributed by atoms with Crippen molar-refractivity contribution in [3.8, 4) is 11.5 Å². The van der Waals surface area contributed by atoms with Crippen LogP contribution in [0, 0.1) is 0 Å². The van der Waals surface area contributed by atoms with Gasteiger partial charge in [-0.15, -0.1) is 0 Å². The maximum atomic E-state index is 14.1. The highest BCUT2D eigenvalue weighted by atomic mass is 35.5. The molecule has 0 unspecified atom stereocenters. The van der Waals surface area contributed by atoms with E-state index in [1.54, 1.807) is 60.7 Å². The predicted molar refractivity (Wildman–Crippen MR) is 158 cm³/mol. The lowest BCUT2D eigenvalue weighted by atomic mass is 10.1. The van der Waals surface area contributed by atoms with Crippen LogP contribution in [0.25, 0.3) is 0 Å². The van der Waals surface area contributed by atoms with Gasteiger partial charge in [0.1, 0.15) is 25.8 Å². The minimum absolute atomic E-state index is 0.0214. The SMILES string of the molecule is CCCNC(=O)[C@H](CC)N(Cc1ccccc1Cl)C(=O)CN(c1ccc2c(c1)OCCO2)S(=O)(=O)c1ccccc1. The minimum Gasteiger partial charge on any atom is -0.486 e. The molecule has 4 rings (SSSR count). The van der Waals surface area contributed by atoms with Crippen LogP contribution in [0.1, 0.15) is 32.3 Å². The molecule has 1 aliphatic heterocycles. The van der Waals surface area contributed by atoms with Crippen LogP contribution in [0.2, 0.25) is 5.02 Å². The fourth-order valence-corrected chi connectivity index (χ4v) is 6.15. The molecule has 0 aromatic heterocycles. The molecule has 1 atom stereocenters. The van der Waals surface area contributed by atoms with Gasteiger partial charge in [-0.3, -0.25) is 13.9 Å². The van der Waals surface area contributed by atoms with E-state index in [9.17, 15) is 18.0 Å². The highest BCUT2D eigenvalue weighted by Gasteiger charge is 2.34. The lowest BCUT2D eigenvalue weighted by Gasteiger charge is -2.33. The lowest BCUT2D eigenvalue weighted by Crippen LogP contribution is -2.52. The van der Waals surface area contributed by atoms with E-state index in [0.29, 0.717) is 48.3 Å². The Hall–Kier alpha value is -3.76. The Morgan fingerprint density at radius 1 is 0.951 bits per heavy atom. The van der Waals surface area contributed by atoms with Gasteiger partial charge in [-0.05, 0) is 48.7 Å². The maximum Gasteiger partial charge on any atom is 0.264 e. The molecular weight excluding hydrogens is 566 g/mol. The van der Waals surface area contributed by atoms with Crippen molar-refractivity contribution in [1.82, 2.24) is 10.2 Å². The molecule has 0 aliphatic carbocycles. The molecule has 2 amide bonds. The third kappa shape index (κ3) is 7.12. The summed E-state index contributed by atoms with van der Waals surface area (Å²) in [4.78, 5) is 28.7. The Kier molecular flexibility index (Phi) is 10.1. The molecule has 1 aliphatic rings. The molecule has 0 radical (unpaired) electrons. The summed E-state index contributed by atoms with van der Waals surface area (Å²) in [6.07, 6.45) is 1.05. The number of carbonyl (C=O) groups excluding carboxylic acids is 2. The molecular formula is C30H34ClN3O6S. The molecule has 0 saturated heterocycles. The van der Waals surface area contributed by atoms with Crippen LogP contribution in [0.4, 0.5) is 5.69 Å². The van der Waals surface area contributed by atoms with Gasteiger partial charge in [0.15, 0.2) is 11.5 Å². The summed E-state index contributed by atoms with van der Waals surface area (Å²) in [5, 5.41) is 3.31. The van der Waals surface area contributed by atoms with Crippen LogP contribution in [0.5, 0.6) is 11.5 Å². The van der Waals surface area contributed by atoms with E-state index in [1.165, 1.54) is 17.0 Å². The fourth-order valence-electron chi connectivity index (χ4n) is 4.53. The van der Waals surface area contributed by atoms with Gasteiger partial charge in [-0.2, -0.15) is 0 Å². The van der Waals surface area contributed by atoms with Gasteiger partial charge in [0.05, 0.1) is 10.6 Å². The molecule has 0 spiro atoms. The average Bonchev–Trinajstić information content (AvgIpc) is 2.99. The third-order valence-electron chi connectivity index (χ3n) is 6.66. The first kappa shape index (κ1) is 30.2. The van der Waals surface area contributed by atoms with Crippen LogP contribution >= 0.6 is 11.6 Å². The first-order chi connectivity index (χ1) is 19.8. The molecule has 0 fully saturated rings. The van der Waals surface area contributed by atoms with Crippen LogP contribution in [0.15, 0.2) is 77.7 Å². The van der Waals surface area contributed by atoms with Gasteiger partial charge in [-0.1, -0.05) is 61.8 Å². The first-order valence-corrected chi connectivity index (χ1v) is 15.4. The van der Waals surface area contributed by atoms with E-state index in [0.717, 1.165) is 10.7 Å². The molecule has 1 heterocycles. The standard InChI is InChI=1S/C30H34ClN3O6S/c1-3-16-32-30(36)26(4-2)33(20-22-10-8-9-13-25(22)31)29(35)21-34(41(37,38)24-11-6-5-7-12-24)23-14-15-27-28(19-23)40-18-17-39-27/h5-15,19,26H,3-4,16-18,20-21H2,1-2H3,(H,32,36)/t26-/m0/s1. The number of carbonyl (C=O) groups is 2. The number of hydrogen-bond donors (Lipinski definition) is 1. The molecule has 0 bridgehead atoms. The number of amides is 2. The number of rotatable bonds is 12. The molecule has 3 aromatic rings. The number of hydrogen-bond acceptors (Lipinski definition) is 6. The van der Waals surface area contributed by atoms with E-state index >= 15 is 0 Å². The van der Waals surface area contributed by atoms with Crippen molar-refractivity contribution >= 4 is 39.1 Å². The Labute approximate surface area is 246 Å². The quantitative estimate of drug-likeness (QED) is 0.325. The number of nitrogens with one attached hydrogen (secondary N) is 1. The number of fused-ring (bicyclic) bond motifs is 1. The summed E-state index contributed by atoms with van der Waals surface area (Å²) < 4.78 is 40.3. The zero-order valence-corrected chi connectivity index (χ0v) is 24.7. The van der Waals surface area contributed by atoms with Crippen LogP contribution in [0.3, 0.4) is 0 Å². The van der Waals surface area contributed by atoms with Crippen molar-refractivity contribution in [3.63, 3.8) is 0 Å². The normalized spacial score (nSPS) is 13.2. The molecule has 11 heteroatoms. The van der Waals surface area contributed by atoms with Crippen molar-refractivity contribution in [2.45, 2.75) is 44.2 Å². The highest BCUT2D eigenvalue weighted by molar-refractivity contribution is 7.92. The predicted octanol–water partition coefficient (Wildman–Crippen LogP) is 4.64. The second-order valence-corrected chi connectivity index (χ2v) is 11.8. The zero-order valence-electron chi connectivity index (χ0n) is 23.1. The van der Waals surface area contributed by atoms with E-state index in [4.69, 9.17) is 21.1 Å². The smallest absolute Gasteiger partial charge is 0.264 e. The summed E-state index contributed by atoms with van der Waals surface area (Å²) in [5.41, 5.74) is 0.869. The third-order valence-corrected chi connectivity index (χ3v) is 8.81. The van der Waals surface area contributed by atoms with E-state index < -0.39 is 28.5 Å². The number of benzene rings is 3. The van der Waals surface area contributed by atoms with Crippen molar-refractivity contribution in [2.24, 2.45) is 0 Å². The number of anilines is 1. The molecule has 41 heavy (non-hydrogen) atoms. The Morgan fingerprint density at radius 2 is 1.63 bits per heavy atom. The van der Waals surface area contributed by atoms with Crippen molar-refractivity contribution < 1.29 is 27.5 Å². The second-order valence-electron chi connectivity index (χ2n) is 9.48. The molecule has 9 nitrogen and oxygen atoms in total. The second kappa shape index (κ2) is 13.7. The zero-order chi connectivity index (χ0) is 29.4. The number of ether oxygens (including phenoxy) is 2. The molecule has 0 saturated carbocycles. The maximum absolute atomic E-state index is 14.1.